The topological polar surface area (TPSA) is 60.2 Å². The number of carbonyl (C=O) groups excluding carboxylic acids is 1. The van der Waals surface area contributed by atoms with Crippen LogP contribution in [0.15, 0.2) is 60.8 Å². The highest BCUT2D eigenvalue weighted by atomic mass is 16.5. The van der Waals surface area contributed by atoms with Gasteiger partial charge in [0.2, 0.25) is 11.8 Å². The molecular formula is C27H28N4O2. The number of likely N-dealkylation sites (tertiary alicyclic amines) is 1. The lowest BCUT2D eigenvalue weighted by atomic mass is 10.0. The molecule has 1 saturated heterocycles. The first kappa shape index (κ1) is 21.2. The van der Waals surface area contributed by atoms with E-state index in [0.717, 1.165) is 58.4 Å². The summed E-state index contributed by atoms with van der Waals surface area (Å²) in [4.78, 5) is 18.5. The lowest BCUT2D eigenvalue weighted by Crippen LogP contribution is -2.25. The molecule has 0 aliphatic carbocycles. The second kappa shape index (κ2) is 8.70. The molecule has 6 heteroatoms. The highest BCUT2D eigenvalue weighted by Crippen LogP contribution is 2.33. The lowest BCUT2D eigenvalue weighted by Gasteiger charge is -2.14. The van der Waals surface area contributed by atoms with Gasteiger partial charge in [-0.2, -0.15) is 0 Å². The summed E-state index contributed by atoms with van der Waals surface area (Å²) in [5.74, 6) is 1.05. The largest absolute Gasteiger partial charge is 0.472 e. The molecule has 33 heavy (non-hydrogen) atoms. The average molecular weight is 441 g/mol. The van der Waals surface area contributed by atoms with E-state index in [9.17, 15) is 4.79 Å². The zero-order valence-corrected chi connectivity index (χ0v) is 19.3. The van der Waals surface area contributed by atoms with Crippen LogP contribution in [0.3, 0.4) is 0 Å². The molecule has 0 radical (unpaired) electrons. The molecule has 0 N–H and O–H groups in total. The van der Waals surface area contributed by atoms with Crippen LogP contribution in [0, 0.1) is 6.92 Å². The average Bonchev–Trinajstić information content (AvgIpc) is 3.44. The monoisotopic (exact) mass is 440 g/mol. The molecule has 168 valence electrons. The Labute approximate surface area is 193 Å². The van der Waals surface area contributed by atoms with Gasteiger partial charge in [0.1, 0.15) is 6.61 Å². The molecule has 1 amide bonds. The van der Waals surface area contributed by atoms with E-state index in [1.54, 1.807) is 11.6 Å². The molecule has 3 heterocycles. The van der Waals surface area contributed by atoms with E-state index in [2.05, 4.69) is 48.4 Å². The molecule has 0 spiro atoms. The number of fused-ring (bicyclic) bond motifs is 1. The number of benzene rings is 2. The second-order valence-electron chi connectivity index (χ2n) is 8.85. The predicted molar refractivity (Wildman–Crippen MR) is 129 cm³/mol. The van der Waals surface area contributed by atoms with Gasteiger partial charge in [0, 0.05) is 55.7 Å². The number of rotatable bonds is 5. The Morgan fingerprint density at radius 3 is 2.70 bits per heavy atom. The van der Waals surface area contributed by atoms with Crippen molar-refractivity contribution < 1.29 is 9.53 Å². The van der Waals surface area contributed by atoms with E-state index in [-0.39, 0.29) is 11.8 Å². The van der Waals surface area contributed by atoms with Crippen molar-refractivity contribution in [3.8, 4) is 17.1 Å². The smallest absolute Gasteiger partial charge is 0.236 e. The number of pyridine rings is 1. The van der Waals surface area contributed by atoms with Crippen molar-refractivity contribution in [1.82, 2.24) is 19.7 Å². The Balaban J connectivity index is 1.30. The third kappa shape index (κ3) is 4.33. The lowest BCUT2D eigenvalue weighted by molar-refractivity contribution is -0.127. The highest BCUT2D eigenvalue weighted by molar-refractivity contribution is 5.83. The molecule has 1 aliphatic rings. The molecule has 0 bridgehead atoms. The number of para-hydroxylation sites is 1. The van der Waals surface area contributed by atoms with Crippen LogP contribution in [0.4, 0.5) is 0 Å². The highest BCUT2D eigenvalue weighted by Gasteiger charge is 2.29. The van der Waals surface area contributed by atoms with Crippen LogP contribution in [0.5, 0.6) is 5.88 Å². The van der Waals surface area contributed by atoms with Gasteiger partial charge in [0.15, 0.2) is 0 Å². The Bertz CT molecular complexity index is 1310. The number of aromatic nitrogens is 3. The standard InChI is InChI=1S/C27H28N4O2/c1-18-14-22-6-4-5-7-25(22)28-26(18)21-10-8-20(9-11-21)17-33-27-24(16-30(3)29-27)23-12-13-31(15-23)19(2)32/h4-11,14,16,23H,12-13,15,17H2,1-3H3. The van der Waals surface area contributed by atoms with E-state index >= 15 is 0 Å². The Morgan fingerprint density at radius 1 is 1.15 bits per heavy atom. The number of hydrogen-bond donors (Lipinski definition) is 0. The maximum absolute atomic E-state index is 11.7. The molecule has 1 aliphatic heterocycles. The molecule has 5 rings (SSSR count). The van der Waals surface area contributed by atoms with E-state index in [4.69, 9.17) is 9.72 Å². The van der Waals surface area contributed by atoms with Crippen molar-refractivity contribution in [2.75, 3.05) is 13.1 Å². The van der Waals surface area contributed by atoms with Crippen molar-refractivity contribution in [3.05, 3.63) is 77.5 Å². The molecule has 1 fully saturated rings. The van der Waals surface area contributed by atoms with Crippen molar-refractivity contribution in [3.63, 3.8) is 0 Å². The second-order valence-corrected chi connectivity index (χ2v) is 8.85. The number of nitrogens with zero attached hydrogens (tertiary/aromatic N) is 4. The molecule has 4 aromatic rings. The quantitative estimate of drug-likeness (QED) is 0.445. The Hall–Kier alpha value is -3.67. The fourth-order valence-corrected chi connectivity index (χ4v) is 4.60. The van der Waals surface area contributed by atoms with Gasteiger partial charge < -0.3 is 9.64 Å². The minimum atomic E-state index is 0.125. The number of ether oxygens (including phenoxy) is 1. The van der Waals surface area contributed by atoms with Crippen LogP contribution in [-0.4, -0.2) is 38.7 Å². The van der Waals surface area contributed by atoms with Crippen LogP contribution in [0.1, 0.15) is 36.0 Å². The maximum Gasteiger partial charge on any atom is 0.236 e. The normalized spacial score (nSPS) is 15.8. The fraction of sp³-hybridized carbons (Fsp3) is 0.296. The van der Waals surface area contributed by atoms with E-state index in [1.165, 1.54) is 0 Å². The van der Waals surface area contributed by atoms with Crippen molar-refractivity contribution >= 4 is 16.8 Å². The Kier molecular flexibility index (Phi) is 5.58. The summed E-state index contributed by atoms with van der Waals surface area (Å²) in [7, 11) is 1.90. The molecule has 2 aromatic heterocycles. The number of hydrogen-bond acceptors (Lipinski definition) is 4. The summed E-state index contributed by atoms with van der Waals surface area (Å²) in [6.45, 7) is 5.69. The molecular weight excluding hydrogens is 412 g/mol. The first-order valence-electron chi connectivity index (χ1n) is 11.4. The van der Waals surface area contributed by atoms with E-state index in [0.29, 0.717) is 12.5 Å². The fourth-order valence-electron chi connectivity index (χ4n) is 4.60. The number of amides is 1. The zero-order chi connectivity index (χ0) is 22.9. The molecule has 0 saturated carbocycles. The van der Waals surface area contributed by atoms with Gasteiger partial charge in [-0.15, -0.1) is 5.10 Å². The van der Waals surface area contributed by atoms with E-state index < -0.39 is 0 Å². The first-order chi connectivity index (χ1) is 16.0. The Morgan fingerprint density at radius 2 is 1.94 bits per heavy atom. The van der Waals surface area contributed by atoms with Crippen LogP contribution < -0.4 is 4.74 Å². The minimum absolute atomic E-state index is 0.125. The summed E-state index contributed by atoms with van der Waals surface area (Å²) in [6, 6.07) is 18.8. The first-order valence-corrected chi connectivity index (χ1v) is 11.4. The van der Waals surface area contributed by atoms with Crippen molar-refractivity contribution in [2.24, 2.45) is 7.05 Å². The van der Waals surface area contributed by atoms with Gasteiger partial charge >= 0.3 is 0 Å². The van der Waals surface area contributed by atoms with E-state index in [1.807, 2.05) is 36.3 Å². The summed E-state index contributed by atoms with van der Waals surface area (Å²) < 4.78 is 7.92. The third-order valence-corrected chi connectivity index (χ3v) is 6.41. The van der Waals surface area contributed by atoms with Crippen molar-refractivity contribution in [2.45, 2.75) is 32.8 Å². The predicted octanol–water partition coefficient (Wildman–Crippen LogP) is 4.86. The maximum atomic E-state index is 11.7. The summed E-state index contributed by atoms with van der Waals surface area (Å²) in [5.41, 5.74) is 6.41. The van der Waals surface area contributed by atoms with Gasteiger partial charge in [-0.25, -0.2) is 4.98 Å². The van der Waals surface area contributed by atoms with Crippen molar-refractivity contribution in [1.29, 1.82) is 0 Å². The van der Waals surface area contributed by atoms with Gasteiger partial charge in [0.25, 0.3) is 0 Å². The van der Waals surface area contributed by atoms with Gasteiger partial charge in [0.05, 0.1) is 11.2 Å². The SMILES string of the molecule is CC(=O)N1CCC(c2cn(C)nc2OCc2ccc(-c3nc4ccccc4cc3C)cc2)C1. The van der Waals surface area contributed by atoms with Gasteiger partial charge in [-0.1, -0.05) is 42.5 Å². The number of carbonyl (C=O) groups is 1. The van der Waals surface area contributed by atoms with Crippen LogP contribution in [0.25, 0.3) is 22.2 Å². The molecule has 1 atom stereocenters. The van der Waals surface area contributed by atoms with Gasteiger partial charge in [-0.05, 0) is 36.6 Å². The summed E-state index contributed by atoms with van der Waals surface area (Å²) in [5, 5.41) is 5.68. The number of aryl methyl sites for hydroxylation is 2. The molecule has 6 nitrogen and oxygen atoms in total. The molecule has 1 unspecified atom stereocenters. The van der Waals surface area contributed by atoms with Crippen LogP contribution >= 0.6 is 0 Å². The van der Waals surface area contributed by atoms with Crippen LogP contribution in [0.2, 0.25) is 0 Å². The summed E-state index contributed by atoms with van der Waals surface area (Å²) in [6.07, 6.45) is 2.95. The molecule has 2 aromatic carbocycles. The van der Waals surface area contributed by atoms with Gasteiger partial charge in [-0.3, -0.25) is 9.48 Å². The third-order valence-electron chi connectivity index (χ3n) is 6.41. The minimum Gasteiger partial charge on any atom is -0.472 e. The van der Waals surface area contributed by atoms with Crippen LogP contribution in [-0.2, 0) is 18.4 Å². The zero-order valence-electron chi connectivity index (χ0n) is 19.3. The summed E-state index contributed by atoms with van der Waals surface area (Å²) >= 11 is 0.